The number of nitrogens with one attached hydrogen (secondary N) is 1. The molecule has 1 heterocycles. The van der Waals surface area contributed by atoms with Crippen molar-refractivity contribution in [2.45, 2.75) is 39.2 Å². The van der Waals surface area contributed by atoms with Crippen LogP contribution in [0.4, 0.5) is 0 Å². The lowest BCUT2D eigenvalue weighted by Gasteiger charge is -2.31. The van der Waals surface area contributed by atoms with Gasteiger partial charge >= 0.3 is 0 Å². The van der Waals surface area contributed by atoms with Crippen molar-refractivity contribution in [1.82, 2.24) is 5.32 Å². The van der Waals surface area contributed by atoms with Crippen LogP contribution < -0.4 is 5.32 Å². The van der Waals surface area contributed by atoms with Crippen molar-refractivity contribution in [2.75, 3.05) is 6.54 Å². The summed E-state index contributed by atoms with van der Waals surface area (Å²) in [6, 6.07) is 11.8. The fraction of sp³-hybridized carbons (Fsp3) is 0.444. The van der Waals surface area contributed by atoms with Gasteiger partial charge in [-0.25, -0.2) is 0 Å². The minimum absolute atomic E-state index is 0.485. The molecular formula is C18H22BrNS. The van der Waals surface area contributed by atoms with Crippen molar-refractivity contribution in [1.29, 1.82) is 0 Å². The Labute approximate surface area is 139 Å². The summed E-state index contributed by atoms with van der Waals surface area (Å²) in [6.45, 7) is 5.42. The first-order valence-corrected chi connectivity index (χ1v) is 9.36. The molecule has 1 N–H and O–H groups in total. The van der Waals surface area contributed by atoms with Crippen molar-refractivity contribution in [3.8, 4) is 0 Å². The maximum absolute atomic E-state index is 3.73. The van der Waals surface area contributed by atoms with Crippen LogP contribution in [0.2, 0.25) is 0 Å². The van der Waals surface area contributed by atoms with E-state index >= 15 is 0 Å². The van der Waals surface area contributed by atoms with Crippen molar-refractivity contribution in [3.63, 3.8) is 0 Å². The lowest BCUT2D eigenvalue weighted by molar-refractivity contribution is 0.334. The number of aryl methyl sites for hydroxylation is 2. The third-order valence-corrected chi connectivity index (χ3v) is 6.68. The highest BCUT2D eigenvalue weighted by Gasteiger charge is 2.28. The van der Waals surface area contributed by atoms with Gasteiger partial charge in [-0.3, -0.25) is 0 Å². The summed E-state index contributed by atoms with van der Waals surface area (Å²) in [5.74, 6) is 0.699. The zero-order valence-corrected chi connectivity index (χ0v) is 15.1. The van der Waals surface area contributed by atoms with Crippen LogP contribution in [0.25, 0.3) is 0 Å². The monoisotopic (exact) mass is 363 g/mol. The van der Waals surface area contributed by atoms with Gasteiger partial charge in [0, 0.05) is 10.9 Å². The van der Waals surface area contributed by atoms with Gasteiger partial charge in [0.2, 0.25) is 0 Å². The summed E-state index contributed by atoms with van der Waals surface area (Å²) in [6.07, 6.45) is 3.69. The van der Waals surface area contributed by atoms with Gasteiger partial charge in [0.1, 0.15) is 0 Å². The van der Waals surface area contributed by atoms with Gasteiger partial charge < -0.3 is 5.32 Å². The summed E-state index contributed by atoms with van der Waals surface area (Å²) >= 11 is 5.57. The van der Waals surface area contributed by atoms with Crippen LogP contribution in [0.1, 0.15) is 41.0 Å². The number of rotatable bonds is 4. The van der Waals surface area contributed by atoms with Crippen LogP contribution in [0.5, 0.6) is 0 Å². The van der Waals surface area contributed by atoms with Gasteiger partial charge in [-0.05, 0) is 77.3 Å². The Morgan fingerprint density at radius 2 is 2.10 bits per heavy atom. The molecule has 1 aliphatic rings. The van der Waals surface area contributed by atoms with Gasteiger partial charge in [-0.1, -0.05) is 31.2 Å². The van der Waals surface area contributed by atoms with Gasteiger partial charge in [0.15, 0.2) is 0 Å². The first-order valence-electron chi connectivity index (χ1n) is 7.75. The molecule has 1 aromatic heterocycles. The van der Waals surface area contributed by atoms with E-state index in [1.54, 1.807) is 11.1 Å². The summed E-state index contributed by atoms with van der Waals surface area (Å²) in [7, 11) is 0. The fourth-order valence-corrected chi connectivity index (χ4v) is 5.11. The van der Waals surface area contributed by atoms with Gasteiger partial charge in [-0.15, -0.1) is 11.3 Å². The molecule has 2 aromatic rings. The lowest BCUT2D eigenvalue weighted by atomic mass is 9.79. The lowest BCUT2D eigenvalue weighted by Crippen LogP contribution is -2.31. The number of halogens is 1. The number of benzene rings is 1. The maximum Gasteiger partial charge on any atom is 0.0731 e. The highest BCUT2D eigenvalue weighted by Crippen LogP contribution is 2.39. The molecule has 2 atom stereocenters. The molecular weight excluding hydrogens is 342 g/mol. The molecule has 3 heteroatoms. The SMILES string of the molecule is CCNC(c1cc(C)c(Br)s1)C1CCc2ccccc2C1. The molecule has 1 nitrogen and oxygen atoms in total. The minimum Gasteiger partial charge on any atom is -0.309 e. The smallest absolute Gasteiger partial charge is 0.0731 e. The molecule has 0 bridgehead atoms. The Hall–Kier alpha value is -0.640. The second kappa shape index (κ2) is 6.64. The number of fused-ring (bicyclic) bond motifs is 1. The van der Waals surface area contributed by atoms with E-state index in [9.17, 15) is 0 Å². The molecule has 2 unspecified atom stereocenters. The molecule has 0 radical (unpaired) electrons. The zero-order chi connectivity index (χ0) is 14.8. The molecule has 3 rings (SSSR count). The summed E-state index contributed by atoms with van der Waals surface area (Å²) in [5.41, 5.74) is 4.45. The van der Waals surface area contributed by atoms with E-state index in [0.717, 1.165) is 6.54 Å². The van der Waals surface area contributed by atoms with E-state index in [4.69, 9.17) is 0 Å². The predicted molar refractivity (Wildman–Crippen MR) is 95.1 cm³/mol. The van der Waals surface area contributed by atoms with E-state index in [2.05, 4.69) is 65.4 Å². The molecule has 1 aromatic carbocycles. The minimum atomic E-state index is 0.485. The van der Waals surface area contributed by atoms with E-state index in [1.165, 1.54) is 33.5 Å². The van der Waals surface area contributed by atoms with Crippen LogP contribution in [0.15, 0.2) is 34.1 Å². The Balaban J connectivity index is 1.85. The molecule has 112 valence electrons. The summed E-state index contributed by atoms with van der Waals surface area (Å²) in [5, 5.41) is 3.73. The topological polar surface area (TPSA) is 12.0 Å². The summed E-state index contributed by atoms with van der Waals surface area (Å²) < 4.78 is 1.27. The number of hydrogen-bond acceptors (Lipinski definition) is 2. The Morgan fingerprint density at radius 1 is 1.33 bits per heavy atom. The third-order valence-electron chi connectivity index (χ3n) is 4.46. The van der Waals surface area contributed by atoms with Gasteiger partial charge in [0.05, 0.1) is 3.79 Å². The highest BCUT2D eigenvalue weighted by molar-refractivity contribution is 9.11. The molecule has 0 spiro atoms. The first-order chi connectivity index (χ1) is 10.2. The second-order valence-electron chi connectivity index (χ2n) is 5.91. The standard InChI is InChI=1S/C18H22BrNS/c1-3-20-17(16-10-12(2)18(19)21-16)15-9-8-13-6-4-5-7-14(13)11-15/h4-7,10,15,17,20H,3,8-9,11H2,1-2H3. The number of thiophene rings is 1. The van der Waals surface area contributed by atoms with Crippen molar-refractivity contribution in [2.24, 2.45) is 5.92 Å². The molecule has 0 aliphatic heterocycles. The second-order valence-corrected chi connectivity index (χ2v) is 8.31. The van der Waals surface area contributed by atoms with Crippen LogP contribution in [-0.4, -0.2) is 6.54 Å². The predicted octanol–water partition coefficient (Wildman–Crippen LogP) is 5.27. The average Bonchev–Trinajstić information content (AvgIpc) is 2.83. The molecule has 21 heavy (non-hydrogen) atoms. The maximum atomic E-state index is 3.73. The van der Waals surface area contributed by atoms with Crippen LogP contribution >= 0.6 is 27.3 Å². The Morgan fingerprint density at radius 3 is 2.76 bits per heavy atom. The van der Waals surface area contributed by atoms with E-state index in [1.807, 2.05) is 11.3 Å². The quantitative estimate of drug-likeness (QED) is 0.779. The van der Waals surface area contributed by atoms with E-state index < -0.39 is 0 Å². The largest absolute Gasteiger partial charge is 0.309 e. The van der Waals surface area contributed by atoms with Crippen LogP contribution in [0, 0.1) is 12.8 Å². The zero-order valence-electron chi connectivity index (χ0n) is 12.7. The van der Waals surface area contributed by atoms with Gasteiger partial charge in [-0.2, -0.15) is 0 Å². The molecule has 0 saturated carbocycles. The summed E-state index contributed by atoms with van der Waals surface area (Å²) in [4.78, 5) is 1.48. The molecule has 0 fully saturated rings. The number of hydrogen-bond donors (Lipinski definition) is 1. The Kier molecular flexibility index (Phi) is 4.82. The van der Waals surface area contributed by atoms with Crippen molar-refractivity contribution >= 4 is 27.3 Å². The van der Waals surface area contributed by atoms with Crippen LogP contribution in [-0.2, 0) is 12.8 Å². The Bertz CT molecular complexity index is 600. The first kappa shape index (κ1) is 15.3. The highest BCUT2D eigenvalue weighted by atomic mass is 79.9. The molecule has 1 aliphatic carbocycles. The fourth-order valence-electron chi connectivity index (χ4n) is 3.37. The van der Waals surface area contributed by atoms with Crippen molar-refractivity contribution in [3.05, 3.63) is 55.7 Å². The third kappa shape index (κ3) is 3.25. The normalized spacial score (nSPS) is 19.3. The van der Waals surface area contributed by atoms with Crippen LogP contribution in [0.3, 0.4) is 0 Å². The molecule has 0 saturated heterocycles. The van der Waals surface area contributed by atoms with Crippen molar-refractivity contribution < 1.29 is 0 Å². The van der Waals surface area contributed by atoms with E-state index in [0.29, 0.717) is 12.0 Å². The van der Waals surface area contributed by atoms with Gasteiger partial charge in [0.25, 0.3) is 0 Å². The van der Waals surface area contributed by atoms with E-state index in [-0.39, 0.29) is 0 Å². The molecule has 0 amide bonds. The average molecular weight is 364 g/mol.